The molecule has 0 radical (unpaired) electrons. The molecule has 2 aromatic carbocycles. The summed E-state index contributed by atoms with van der Waals surface area (Å²) in [6.45, 7) is 5.65. The Morgan fingerprint density at radius 1 is 1.09 bits per heavy atom. The maximum atomic E-state index is 14.0. The molecular weight excluding hydrogens is 423 g/mol. The fourth-order valence-corrected chi connectivity index (χ4v) is 3.88. The van der Waals surface area contributed by atoms with Crippen LogP contribution < -0.4 is 9.64 Å². The lowest BCUT2D eigenvalue weighted by Crippen LogP contribution is -2.29. The Morgan fingerprint density at radius 3 is 2.52 bits per heavy atom. The van der Waals surface area contributed by atoms with Crippen LogP contribution in [0.4, 0.5) is 10.1 Å². The summed E-state index contributed by atoms with van der Waals surface area (Å²) >= 11 is 0. The zero-order valence-corrected chi connectivity index (χ0v) is 18.4. The summed E-state index contributed by atoms with van der Waals surface area (Å²) in [5.74, 6) is -1.96. The van der Waals surface area contributed by atoms with Crippen molar-refractivity contribution in [2.75, 3.05) is 4.90 Å². The van der Waals surface area contributed by atoms with Gasteiger partial charge in [0.05, 0.1) is 17.4 Å². The zero-order chi connectivity index (χ0) is 23.7. The molecule has 1 aromatic heterocycles. The number of aliphatic hydroxyl groups excluding tert-OH is 1. The number of pyridine rings is 1. The number of hydrogen-bond acceptors (Lipinski definition) is 5. The van der Waals surface area contributed by atoms with Crippen molar-refractivity contribution in [2.45, 2.75) is 32.9 Å². The molecule has 3 aromatic rings. The van der Waals surface area contributed by atoms with Crippen molar-refractivity contribution in [3.05, 3.63) is 95.1 Å². The summed E-state index contributed by atoms with van der Waals surface area (Å²) in [6, 6.07) is 14.5. The summed E-state index contributed by atoms with van der Waals surface area (Å²) in [7, 11) is 0. The van der Waals surface area contributed by atoms with Crippen LogP contribution in [0.2, 0.25) is 0 Å². The standard InChI is InChI=1S/C26H23FN2O4/c1-15(2)33-21-11-10-17(13-16(21)3)24(30)22-23(20-9-4-5-12-28-20)29(26(32)25(22)31)19-8-6-7-18(27)14-19/h4-15,23,30H,1-3H3/b24-22-. The average molecular weight is 446 g/mol. The highest BCUT2D eigenvalue weighted by Gasteiger charge is 2.47. The molecule has 1 unspecified atom stereocenters. The second-order valence-electron chi connectivity index (χ2n) is 8.05. The molecular formula is C26H23FN2O4. The zero-order valence-electron chi connectivity index (χ0n) is 18.4. The third-order valence-electron chi connectivity index (χ3n) is 5.31. The summed E-state index contributed by atoms with van der Waals surface area (Å²) in [5, 5.41) is 11.2. The highest BCUT2D eigenvalue weighted by atomic mass is 19.1. The van der Waals surface area contributed by atoms with Gasteiger partial charge in [-0.05, 0) is 74.9 Å². The van der Waals surface area contributed by atoms with Gasteiger partial charge in [-0.15, -0.1) is 0 Å². The summed E-state index contributed by atoms with van der Waals surface area (Å²) in [6.07, 6.45) is 1.51. The predicted molar refractivity (Wildman–Crippen MR) is 122 cm³/mol. The van der Waals surface area contributed by atoms with Gasteiger partial charge in [0.25, 0.3) is 11.7 Å². The first-order chi connectivity index (χ1) is 15.8. The number of nitrogens with zero attached hydrogens (tertiary/aromatic N) is 2. The molecule has 1 fully saturated rings. The Hall–Kier alpha value is -4.00. The molecule has 33 heavy (non-hydrogen) atoms. The lowest BCUT2D eigenvalue weighted by atomic mass is 9.97. The van der Waals surface area contributed by atoms with Gasteiger partial charge in [0, 0.05) is 17.4 Å². The van der Waals surface area contributed by atoms with Crippen LogP contribution in [0.3, 0.4) is 0 Å². The second-order valence-corrected chi connectivity index (χ2v) is 8.05. The molecule has 6 nitrogen and oxygen atoms in total. The number of carbonyl (C=O) groups excluding carboxylic acids is 2. The number of ether oxygens (including phenoxy) is 1. The highest BCUT2D eigenvalue weighted by molar-refractivity contribution is 6.51. The second kappa shape index (κ2) is 8.86. The van der Waals surface area contributed by atoms with Crippen LogP contribution in [-0.4, -0.2) is 27.9 Å². The molecule has 1 aliphatic heterocycles. The minimum Gasteiger partial charge on any atom is -0.507 e. The molecule has 0 spiro atoms. The summed E-state index contributed by atoms with van der Waals surface area (Å²) < 4.78 is 19.7. The van der Waals surface area contributed by atoms with Gasteiger partial charge in [0.2, 0.25) is 0 Å². The molecule has 1 saturated heterocycles. The van der Waals surface area contributed by atoms with Crippen LogP contribution in [0.1, 0.15) is 36.7 Å². The number of hydrogen-bond donors (Lipinski definition) is 1. The number of halogens is 1. The molecule has 0 bridgehead atoms. The first kappa shape index (κ1) is 22.2. The molecule has 7 heteroatoms. The van der Waals surface area contributed by atoms with Crippen LogP contribution in [0.25, 0.3) is 5.76 Å². The van der Waals surface area contributed by atoms with Crippen LogP contribution in [0, 0.1) is 12.7 Å². The van der Waals surface area contributed by atoms with Gasteiger partial charge in [-0.3, -0.25) is 19.5 Å². The number of ketones is 1. The van der Waals surface area contributed by atoms with E-state index in [0.29, 0.717) is 17.0 Å². The van der Waals surface area contributed by atoms with Gasteiger partial charge in [0.1, 0.15) is 23.4 Å². The smallest absolute Gasteiger partial charge is 0.300 e. The van der Waals surface area contributed by atoms with Gasteiger partial charge >= 0.3 is 0 Å². The van der Waals surface area contributed by atoms with Crippen molar-refractivity contribution in [3.63, 3.8) is 0 Å². The van der Waals surface area contributed by atoms with Crippen molar-refractivity contribution >= 4 is 23.1 Å². The number of aromatic nitrogens is 1. The third kappa shape index (κ3) is 4.22. The lowest BCUT2D eigenvalue weighted by Gasteiger charge is -2.24. The summed E-state index contributed by atoms with van der Waals surface area (Å²) in [4.78, 5) is 31.6. The van der Waals surface area contributed by atoms with E-state index in [2.05, 4.69) is 4.98 Å². The van der Waals surface area contributed by atoms with E-state index in [1.807, 2.05) is 20.8 Å². The van der Waals surface area contributed by atoms with Crippen LogP contribution in [-0.2, 0) is 9.59 Å². The van der Waals surface area contributed by atoms with Crippen LogP contribution in [0.15, 0.2) is 72.4 Å². The topological polar surface area (TPSA) is 79.7 Å². The molecule has 168 valence electrons. The van der Waals surface area contributed by atoms with E-state index >= 15 is 0 Å². The van der Waals surface area contributed by atoms with Gasteiger partial charge in [-0.25, -0.2) is 4.39 Å². The fraction of sp³-hybridized carbons (Fsp3) is 0.192. The molecule has 2 heterocycles. The normalized spacial score (nSPS) is 17.6. The minimum absolute atomic E-state index is 0.0242. The van der Waals surface area contributed by atoms with Gasteiger partial charge in [-0.2, -0.15) is 0 Å². The maximum Gasteiger partial charge on any atom is 0.300 e. The van der Waals surface area contributed by atoms with E-state index in [9.17, 15) is 19.1 Å². The number of benzene rings is 2. The number of rotatable bonds is 5. The number of anilines is 1. The van der Waals surface area contributed by atoms with Crippen molar-refractivity contribution in [3.8, 4) is 5.75 Å². The van der Waals surface area contributed by atoms with Gasteiger partial charge in [0.15, 0.2) is 0 Å². The van der Waals surface area contributed by atoms with Crippen LogP contribution >= 0.6 is 0 Å². The Balaban J connectivity index is 1.88. The van der Waals surface area contributed by atoms with E-state index in [4.69, 9.17) is 4.74 Å². The first-order valence-electron chi connectivity index (χ1n) is 10.5. The molecule has 1 atom stereocenters. The number of aliphatic hydroxyl groups is 1. The molecule has 0 saturated carbocycles. The Labute approximate surface area is 191 Å². The number of amides is 1. The molecule has 1 amide bonds. The Bertz CT molecular complexity index is 1250. The largest absolute Gasteiger partial charge is 0.507 e. The minimum atomic E-state index is -1.01. The maximum absolute atomic E-state index is 14.0. The molecule has 4 rings (SSSR count). The number of carbonyl (C=O) groups is 2. The third-order valence-corrected chi connectivity index (χ3v) is 5.31. The average Bonchev–Trinajstić information content (AvgIpc) is 3.05. The van der Waals surface area contributed by atoms with E-state index in [1.54, 1.807) is 36.4 Å². The monoisotopic (exact) mass is 446 g/mol. The molecule has 1 aliphatic rings. The molecule has 1 N–H and O–H groups in total. The highest BCUT2D eigenvalue weighted by Crippen LogP contribution is 2.41. The Kier molecular flexibility index (Phi) is 5.96. The fourth-order valence-electron chi connectivity index (χ4n) is 3.88. The van der Waals surface area contributed by atoms with Gasteiger partial charge in [-0.1, -0.05) is 12.1 Å². The number of aryl methyl sites for hydroxylation is 1. The summed E-state index contributed by atoms with van der Waals surface area (Å²) in [5.41, 5.74) is 1.59. The van der Waals surface area contributed by atoms with E-state index in [0.717, 1.165) is 5.56 Å². The first-order valence-corrected chi connectivity index (χ1v) is 10.5. The number of Topliss-reactive ketones (excluding diaryl/α,β-unsaturated/α-hetero) is 1. The Morgan fingerprint density at radius 2 is 1.88 bits per heavy atom. The van der Waals surface area contributed by atoms with Crippen molar-refractivity contribution < 1.29 is 23.8 Å². The predicted octanol–water partition coefficient (Wildman–Crippen LogP) is 4.94. The van der Waals surface area contributed by atoms with Crippen LogP contribution in [0.5, 0.6) is 5.75 Å². The lowest BCUT2D eigenvalue weighted by molar-refractivity contribution is -0.132. The van der Waals surface area contributed by atoms with Crippen molar-refractivity contribution in [1.82, 2.24) is 4.98 Å². The molecule has 0 aliphatic carbocycles. The van der Waals surface area contributed by atoms with E-state index in [-0.39, 0.29) is 23.1 Å². The van der Waals surface area contributed by atoms with E-state index in [1.165, 1.54) is 35.4 Å². The van der Waals surface area contributed by atoms with Gasteiger partial charge < -0.3 is 9.84 Å². The van der Waals surface area contributed by atoms with E-state index < -0.39 is 23.5 Å². The van der Waals surface area contributed by atoms with Crippen molar-refractivity contribution in [1.29, 1.82) is 0 Å². The quantitative estimate of drug-likeness (QED) is 0.341. The van der Waals surface area contributed by atoms with Crippen molar-refractivity contribution in [2.24, 2.45) is 0 Å². The SMILES string of the molecule is Cc1cc(/C(O)=C2/C(=O)C(=O)N(c3cccc(F)c3)C2c2ccccn2)ccc1OC(C)C.